The molecule has 0 unspecified atom stereocenters. The van der Waals surface area contributed by atoms with Crippen molar-refractivity contribution in [3.63, 3.8) is 0 Å². The Labute approximate surface area is 124 Å². The van der Waals surface area contributed by atoms with E-state index in [1.54, 1.807) is 6.20 Å². The molecule has 0 radical (unpaired) electrons. The molecular formula is C15H21ClN4. The van der Waals surface area contributed by atoms with Gasteiger partial charge in [-0.15, -0.1) is 0 Å². The molecule has 0 amide bonds. The summed E-state index contributed by atoms with van der Waals surface area (Å²) in [5.41, 5.74) is 7.76. The first-order valence-electron chi connectivity index (χ1n) is 7.48. The number of imidazole rings is 1. The third-order valence-electron chi connectivity index (χ3n) is 4.40. The Kier molecular flexibility index (Phi) is 3.83. The zero-order valence-corrected chi connectivity index (χ0v) is 12.6. The summed E-state index contributed by atoms with van der Waals surface area (Å²) >= 11 is 5.97. The van der Waals surface area contributed by atoms with Gasteiger partial charge in [0.1, 0.15) is 5.52 Å². The van der Waals surface area contributed by atoms with Crippen molar-refractivity contribution in [3.05, 3.63) is 17.3 Å². The second-order valence-corrected chi connectivity index (χ2v) is 6.24. The summed E-state index contributed by atoms with van der Waals surface area (Å²) in [6, 6.07) is 2.27. The molecule has 1 fully saturated rings. The van der Waals surface area contributed by atoms with Gasteiger partial charge >= 0.3 is 0 Å². The van der Waals surface area contributed by atoms with Crippen molar-refractivity contribution in [1.82, 2.24) is 14.5 Å². The molecule has 0 saturated heterocycles. The summed E-state index contributed by atoms with van der Waals surface area (Å²) in [6.45, 7) is 2.26. The van der Waals surface area contributed by atoms with Crippen LogP contribution in [0.4, 0.5) is 5.95 Å². The first-order valence-corrected chi connectivity index (χ1v) is 7.85. The van der Waals surface area contributed by atoms with Crippen LogP contribution in [-0.4, -0.2) is 14.5 Å². The number of pyridine rings is 1. The fraction of sp³-hybridized carbons (Fsp3) is 0.600. The van der Waals surface area contributed by atoms with Gasteiger partial charge in [0.15, 0.2) is 5.65 Å². The standard InChI is InChI=1S/C15H21ClN4/c1-2-3-10-4-6-12(7-5-10)20-14-13(19-15(20)17)8-11(16)9-18-14/h8-10,12H,2-7H2,1H3,(H2,17,19). The quantitative estimate of drug-likeness (QED) is 0.922. The molecule has 1 aliphatic carbocycles. The highest BCUT2D eigenvalue weighted by Gasteiger charge is 2.25. The highest BCUT2D eigenvalue weighted by molar-refractivity contribution is 6.31. The van der Waals surface area contributed by atoms with Gasteiger partial charge in [-0.2, -0.15) is 0 Å². The number of nitrogens with two attached hydrogens (primary N) is 1. The number of anilines is 1. The van der Waals surface area contributed by atoms with Gasteiger partial charge < -0.3 is 5.73 Å². The Morgan fingerprint density at radius 1 is 1.35 bits per heavy atom. The number of aromatic nitrogens is 3. The lowest BCUT2D eigenvalue weighted by Crippen LogP contribution is -2.19. The lowest BCUT2D eigenvalue weighted by Gasteiger charge is -2.29. The molecule has 2 aromatic rings. The molecule has 2 heterocycles. The number of hydrogen-bond donors (Lipinski definition) is 1. The molecule has 2 aromatic heterocycles. The zero-order chi connectivity index (χ0) is 14.1. The summed E-state index contributed by atoms with van der Waals surface area (Å²) in [4.78, 5) is 8.82. The summed E-state index contributed by atoms with van der Waals surface area (Å²) in [7, 11) is 0. The van der Waals surface area contributed by atoms with E-state index in [2.05, 4.69) is 21.5 Å². The van der Waals surface area contributed by atoms with Gasteiger partial charge in [-0.05, 0) is 37.7 Å². The Bertz CT molecular complexity index is 599. The van der Waals surface area contributed by atoms with E-state index in [0.717, 1.165) is 17.1 Å². The Balaban J connectivity index is 1.86. The number of fused-ring (bicyclic) bond motifs is 1. The maximum absolute atomic E-state index is 6.10. The third kappa shape index (κ3) is 2.49. The molecule has 0 bridgehead atoms. The number of nitrogen functional groups attached to an aromatic ring is 1. The van der Waals surface area contributed by atoms with Crippen LogP contribution in [0.3, 0.4) is 0 Å². The zero-order valence-electron chi connectivity index (χ0n) is 11.8. The lowest BCUT2D eigenvalue weighted by molar-refractivity contribution is 0.267. The van der Waals surface area contributed by atoms with Crippen molar-refractivity contribution in [1.29, 1.82) is 0 Å². The minimum atomic E-state index is 0.432. The molecule has 20 heavy (non-hydrogen) atoms. The molecule has 1 aliphatic rings. The summed E-state index contributed by atoms with van der Waals surface area (Å²) < 4.78 is 2.10. The molecule has 1 saturated carbocycles. The monoisotopic (exact) mass is 292 g/mol. The fourth-order valence-electron chi connectivity index (χ4n) is 3.44. The fourth-order valence-corrected chi connectivity index (χ4v) is 3.59. The largest absolute Gasteiger partial charge is 0.369 e. The second-order valence-electron chi connectivity index (χ2n) is 5.80. The van der Waals surface area contributed by atoms with Crippen LogP contribution < -0.4 is 5.73 Å². The first kappa shape index (κ1) is 13.7. The average Bonchev–Trinajstić information content (AvgIpc) is 2.75. The molecular weight excluding hydrogens is 272 g/mol. The van der Waals surface area contributed by atoms with Crippen molar-refractivity contribution >= 4 is 28.7 Å². The van der Waals surface area contributed by atoms with Crippen molar-refractivity contribution in [2.24, 2.45) is 5.92 Å². The van der Waals surface area contributed by atoms with Crippen molar-refractivity contribution in [2.75, 3.05) is 5.73 Å². The Hall–Kier alpha value is -1.29. The molecule has 0 atom stereocenters. The molecule has 4 nitrogen and oxygen atoms in total. The van der Waals surface area contributed by atoms with Crippen LogP contribution >= 0.6 is 11.6 Å². The lowest BCUT2D eigenvalue weighted by atomic mass is 9.83. The Morgan fingerprint density at radius 2 is 2.10 bits per heavy atom. The number of rotatable bonds is 3. The molecule has 0 aliphatic heterocycles. The van der Waals surface area contributed by atoms with Crippen LogP contribution in [0.5, 0.6) is 0 Å². The summed E-state index contributed by atoms with van der Waals surface area (Å²) in [5.74, 6) is 1.45. The Morgan fingerprint density at radius 3 is 2.80 bits per heavy atom. The van der Waals surface area contributed by atoms with Crippen molar-refractivity contribution in [2.45, 2.75) is 51.5 Å². The topological polar surface area (TPSA) is 56.7 Å². The highest BCUT2D eigenvalue weighted by atomic mass is 35.5. The van der Waals surface area contributed by atoms with E-state index in [9.17, 15) is 0 Å². The molecule has 0 aromatic carbocycles. The molecule has 108 valence electrons. The summed E-state index contributed by atoms with van der Waals surface area (Å²) in [6.07, 6.45) is 9.21. The SMILES string of the molecule is CCCC1CCC(n2c(N)nc3cc(Cl)cnc32)CC1. The average molecular weight is 293 g/mol. The van der Waals surface area contributed by atoms with Crippen LogP contribution in [0.15, 0.2) is 12.3 Å². The van der Waals surface area contributed by atoms with E-state index in [-0.39, 0.29) is 0 Å². The van der Waals surface area contributed by atoms with Crippen LogP contribution in [0.1, 0.15) is 51.5 Å². The van der Waals surface area contributed by atoms with Gasteiger partial charge in [-0.25, -0.2) is 9.97 Å². The van der Waals surface area contributed by atoms with E-state index in [0.29, 0.717) is 17.0 Å². The van der Waals surface area contributed by atoms with Gasteiger partial charge in [0.25, 0.3) is 0 Å². The highest BCUT2D eigenvalue weighted by Crippen LogP contribution is 2.37. The van der Waals surface area contributed by atoms with Gasteiger partial charge in [-0.1, -0.05) is 31.4 Å². The predicted molar refractivity (Wildman–Crippen MR) is 82.9 cm³/mol. The van der Waals surface area contributed by atoms with Crippen LogP contribution in [0.2, 0.25) is 5.02 Å². The molecule has 2 N–H and O–H groups in total. The van der Waals surface area contributed by atoms with E-state index in [4.69, 9.17) is 17.3 Å². The summed E-state index contributed by atoms with van der Waals surface area (Å²) in [5, 5.41) is 0.605. The second kappa shape index (κ2) is 5.60. The number of nitrogens with zero attached hydrogens (tertiary/aromatic N) is 3. The van der Waals surface area contributed by atoms with Gasteiger partial charge in [0.2, 0.25) is 5.95 Å². The maximum Gasteiger partial charge on any atom is 0.202 e. The van der Waals surface area contributed by atoms with Crippen LogP contribution in [-0.2, 0) is 0 Å². The minimum Gasteiger partial charge on any atom is -0.369 e. The van der Waals surface area contributed by atoms with Crippen LogP contribution in [0.25, 0.3) is 11.2 Å². The molecule has 0 spiro atoms. The molecule has 5 heteroatoms. The van der Waals surface area contributed by atoms with E-state index in [1.807, 2.05) is 6.07 Å². The van der Waals surface area contributed by atoms with E-state index in [1.165, 1.54) is 38.5 Å². The van der Waals surface area contributed by atoms with Gasteiger partial charge in [-0.3, -0.25) is 4.57 Å². The van der Waals surface area contributed by atoms with Gasteiger partial charge in [0, 0.05) is 12.2 Å². The van der Waals surface area contributed by atoms with Crippen LogP contribution in [0, 0.1) is 5.92 Å². The van der Waals surface area contributed by atoms with E-state index >= 15 is 0 Å². The smallest absolute Gasteiger partial charge is 0.202 e. The predicted octanol–water partition coefficient (Wildman–Crippen LogP) is 4.20. The molecule has 3 rings (SSSR count). The normalized spacial score (nSPS) is 23.3. The maximum atomic E-state index is 6.10. The van der Waals surface area contributed by atoms with E-state index < -0.39 is 0 Å². The third-order valence-corrected chi connectivity index (χ3v) is 4.61. The first-order chi connectivity index (χ1) is 9.69. The number of halogens is 1. The van der Waals surface area contributed by atoms with Gasteiger partial charge in [0.05, 0.1) is 5.02 Å². The van der Waals surface area contributed by atoms with Crippen molar-refractivity contribution < 1.29 is 0 Å². The minimum absolute atomic E-state index is 0.432. The van der Waals surface area contributed by atoms with Crippen molar-refractivity contribution in [3.8, 4) is 0 Å². The number of hydrogen-bond acceptors (Lipinski definition) is 3.